The van der Waals surface area contributed by atoms with E-state index < -0.39 is 0 Å². The van der Waals surface area contributed by atoms with Gasteiger partial charge in [-0.3, -0.25) is 0 Å². The third kappa shape index (κ3) is 4.39. The molecule has 0 radical (unpaired) electrons. The van der Waals surface area contributed by atoms with Crippen molar-refractivity contribution in [3.63, 3.8) is 0 Å². The molecule has 3 nitrogen and oxygen atoms in total. The van der Waals surface area contributed by atoms with Crippen LogP contribution in [0.15, 0.2) is 57.4 Å². The molecular weight excluding hydrogens is 436 g/mol. The summed E-state index contributed by atoms with van der Waals surface area (Å²) < 4.78 is 7.12. The lowest BCUT2D eigenvalue weighted by atomic mass is 10.1. The van der Waals surface area contributed by atoms with Gasteiger partial charge in [0, 0.05) is 28.8 Å². The van der Waals surface area contributed by atoms with Crippen LogP contribution in [0.5, 0.6) is 0 Å². The molecule has 4 rings (SSSR count). The molecule has 2 heterocycles. The summed E-state index contributed by atoms with van der Waals surface area (Å²) in [6, 6.07) is 16.5. The van der Waals surface area contributed by atoms with E-state index in [4.69, 9.17) is 16.0 Å². The predicted molar refractivity (Wildman–Crippen MR) is 121 cm³/mol. The fourth-order valence-corrected chi connectivity index (χ4v) is 4.17. The Balaban J connectivity index is 1.41. The Labute approximate surface area is 179 Å². The third-order valence-electron chi connectivity index (χ3n) is 5.22. The zero-order valence-corrected chi connectivity index (χ0v) is 18.3. The average molecular weight is 460 g/mol. The van der Waals surface area contributed by atoms with Crippen molar-refractivity contribution in [3.05, 3.63) is 69.3 Å². The van der Waals surface area contributed by atoms with E-state index in [2.05, 4.69) is 63.4 Å². The molecule has 0 saturated carbocycles. The third-order valence-corrected chi connectivity index (χ3v) is 6.41. The van der Waals surface area contributed by atoms with Gasteiger partial charge in [0.2, 0.25) is 0 Å². The first-order chi connectivity index (χ1) is 13.6. The van der Waals surface area contributed by atoms with E-state index in [-0.39, 0.29) is 0 Å². The predicted octanol–water partition coefficient (Wildman–Crippen LogP) is 7.27. The highest BCUT2D eigenvalue weighted by molar-refractivity contribution is 9.10. The van der Waals surface area contributed by atoms with Crippen LogP contribution in [0.25, 0.3) is 11.3 Å². The molecule has 0 bridgehead atoms. The Hall–Kier alpha value is -1.91. The molecule has 2 aromatic carbocycles. The lowest BCUT2D eigenvalue weighted by Crippen LogP contribution is -2.29. The minimum atomic E-state index is 0.620. The summed E-state index contributed by atoms with van der Waals surface area (Å²) in [5, 5.41) is 4.22. The molecule has 0 unspecified atom stereocenters. The number of halogens is 2. The molecule has 0 atom stereocenters. The Kier molecular flexibility index (Phi) is 5.98. The Bertz CT molecular complexity index is 963. The highest BCUT2D eigenvalue weighted by Crippen LogP contribution is 2.31. The highest BCUT2D eigenvalue weighted by Gasteiger charge is 2.14. The second kappa shape index (κ2) is 8.62. The Morgan fingerprint density at radius 3 is 2.61 bits per heavy atom. The second-order valence-electron chi connectivity index (χ2n) is 7.30. The first kappa shape index (κ1) is 19.4. The number of hydrogen-bond donors (Lipinski definition) is 1. The molecule has 1 saturated heterocycles. The topological polar surface area (TPSA) is 28.4 Å². The lowest BCUT2D eigenvalue weighted by molar-refractivity contribution is 0.531. The fourth-order valence-electron chi connectivity index (χ4n) is 3.62. The molecule has 1 aliphatic rings. The van der Waals surface area contributed by atoms with Crippen LogP contribution in [-0.4, -0.2) is 13.1 Å². The molecule has 1 fully saturated rings. The van der Waals surface area contributed by atoms with Gasteiger partial charge < -0.3 is 14.6 Å². The maximum absolute atomic E-state index is 6.55. The largest absolute Gasteiger partial charge is 0.459 e. The summed E-state index contributed by atoms with van der Waals surface area (Å²) in [7, 11) is 0. The molecule has 3 aromatic rings. The molecule has 146 valence electrons. The summed E-state index contributed by atoms with van der Waals surface area (Å²) >= 11 is 10.1. The van der Waals surface area contributed by atoms with Crippen molar-refractivity contribution in [2.75, 3.05) is 23.3 Å². The van der Waals surface area contributed by atoms with Crippen LogP contribution in [0, 0.1) is 6.92 Å². The molecule has 0 amide bonds. The SMILES string of the molecule is Cc1cc(-c2ccc(CNc3ccc(N4CCCCC4)c(Cl)c3)o2)ccc1Br. The molecule has 1 aliphatic heterocycles. The van der Waals surface area contributed by atoms with E-state index in [1.807, 2.05) is 18.2 Å². The van der Waals surface area contributed by atoms with Gasteiger partial charge in [0.25, 0.3) is 0 Å². The quantitative estimate of drug-likeness (QED) is 0.435. The Morgan fingerprint density at radius 1 is 1.04 bits per heavy atom. The fraction of sp³-hybridized carbons (Fsp3) is 0.304. The molecule has 1 N–H and O–H groups in total. The van der Waals surface area contributed by atoms with Gasteiger partial charge in [0.1, 0.15) is 11.5 Å². The lowest BCUT2D eigenvalue weighted by Gasteiger charge is -2.29. The zero-order valence-electron chi connectivity index (χ0n) is 16.0. The molecule has 0 aliphatic carbocycles. The van der Waals surface area contributed by atoms with Crippen LogP contribution in [0.3, 0.4) is 0 Å². The minimum absolute atomic E-state index is 0.620. The van der Waals surface area contributed by atoms with E-state index in [1.54, 1.807) is 0 Å². The first-order valence-electron chi connectivity index (χ1n) is 9.74. The van der Waals surface area contributed by atoms with Crippen molar-refractivity contribution in [2.45, 2.75) is 32.7 Å². The molecular formula is C23H24BrClN2O. The van der Waals surface area contributed by atoms with Crippen molar-refractivity contribution in [2.24, 2.45) is 0 Å². The van der Waals surface area contributed by atoms with E-state index in [1.165, 1.54) is 24.8 Å². The number of aryl methyl sites for hydroxylation is 1. The van der Waals surface area contributed by atoms with Crippen LogP contribution >= 0.6 is 27.5 Å². The van der Waals surface area contributed by atoms with E-state index in [9.17, 15) is 0 Å². The van der Waals surface area contributed by atoms with Crippen molar-refractivity contribution in [1.82, 2.24) is 0 Å². The van der Waals surface area contributed by atoms with Gasteiger partial charge in [-0.2, -0.15) is 0 Å². The molecule has 28 heavy (non-hydrogen) atoms. The van der Waals surface area contributed by atoms with Crippen molar-refractivity contribution < 1.29 is 4.42 Å². The van der Waals surface area contributed by atoms with Gasteiger partial charge >= 0.3 is 0 Å². The monoisotopic (exact) mass is 458 g/mol. The molecule has 5 heteroatoms. The maximum Gasteiger partial charge on any atom is 0.134 e. The number of furan rings is 1. The normalized spacial score (nSPS) is 14.3. The van der Waals surface area contributed by atoms with Crippen LogP contribution in [0.1, 0.15) is 30.6 Å². The first-order valence-corrected chi connectivity index (χ1v) is 10.9. The number of nitrogens with zero attached hydrogens (tertiary/aromatic N) is 1. The van der Waals surface area contributed by atoms with Gasteiger partial charge in [-0.05, 0) is 74.2 Å². The number of piperidine rings is 1. The number of nitrogens with one attached hydrogen (secondary N) is 1. The summed E-state index contributed by atoms with van der Waals surface area (Å²) in [4.78, 5) is 2.38. The maximum atomic E-state index is 6.55. The zero-order chi connectivity index (χ0) is 19.5. The van der Waals surface area contributed by atoms with Gasteiger partial charge in [-0.25, -0.2) is 0 Å². The standard InChI is InChI=1S/C23H24BrClN2O/c1-16-13-17(5-8-20(16)24)23-10-7-19(28-23)15-26-18-6-9-22(21(25)14-18)27-11-3-2-4-12-27/h5-10,13-14,26H,2-4,11-12,15H2,1H3. The van der Waals surface area contributed by atoms with Crippen LogP contribution in [0.2, 0.25) is 5.02 Å². The average Bonchev–Trinajstić information content (AvgIpc) is 3.18. The van der Waals surface area contributed by atoms with E-state index in [0.29, 0.717) is 6.54 Å². The van der Waals surface area contributed by atoms with Gasteiger partial charge in [-0.1, -0.05) is 33.6 Å². The van der Waals surface area contributed by atoms with E-state index in [0.717, 1.165) is 51.0 Å². The summed E-state index contributed by atoms with van der Waals surface area (Å²) in [5.41, 5.74) is 4.42. The van der Waals surface area contributed by atoms with Crippen LogP contribution in [-0.2, 0) is 6.54 Å². The minimum Gasteiger partial charge on any atom is -0.459 e. The van der Waals surface area contributed by atoms with Crippen molar-refractivity contribution in [3.8, 4) is 11.3 Å². The Morgan fingerprint density at radius 2 is 1.86 bits per heavy atom. The molecule has 0 spiro atoms. The second-order valence-corrected chi connectivity index (χ2v) is 8.56. The number of rotatable bonds is 5. The summed E-state index contributed by atoms with van der Waals surface area (Å²) in [6.45, 7) is 4.89. The van der Waals surface area contributed by atoms with Gasteiger partial charge in [-0.15, -0.1) is 0 Å². The summed E-state index contributed by atoms with van der Waals surface area (Å²) in [5.74, 6) is 1.78. The smallest absolute Gasteiger partial charge is 0.134 e. The van der Waals surface area contributed by atoms with Crippen molar-refractivity contribution >= 4 is 38.9 Å². The van der Waals surface area contributed by atoms with E-state index >= 15 is 0 Å². The van der Waals surface area contributed by atoms with Crippen LogP contribution < -0.4 is 10.2 Å². The highest BCUT2D eigenvalue weighted by atomic mass is 79.9. The number of hydrogen-bond acceptors (Lipinski definition) is 3. The summed E-state index contributed by atoms with van der Waals surface area (Å²) in [6.07, 6.45) is 3.81. The number of anilines is 2. The van der Waals surface area contributed by atoms with Crippen molar-refractivity contribution in [1.29, 1.82) is 0 Å². The number of benzene rings is 2. The molecule has 1 aromatic heterocycles. The van der Waals surface area contributed by atoms with Gasteiger partial charge in [0.15, 0.2) is 0 Å². The van der Waals surface area contributed by atoms with Crippen LogP contribution in [0.4, 0.5) is 11.4 Å². The van der Waals surface area contributed by atoms with Gasteiger partial charge in [0.05, 0.1) is 17.3 Å².